The summed E-state index contributed by atoms with van der Waals surface area (Å²) in [5.41, 5.74) is 0. The van der Waals surface area contributed by atoms with Crippen molar-refractivity contribution in [2.24, 2.45) is 0 Å². The molecule has 1 unspecified atom stereocenters. The highest BCUT2D eigenvalue weighted by Crippen LogP contribution is 2.24. The van der Waals surface area contributed by atoms with Crippen molar-refractivity contribution in [2.45, 2.75) is 12.5 Å². The molecule has 0 spiro atoms. The zero-order valence-electron chi connectivity index (χ0n) is 8.80. The summed E-state index contributed by atoms with van der Waals surface area (Å²) in [4.78, 5) is 10.0. The molecule has 5 nitrogen and oxygen atoms in total. The van der Waals surface area contributed by atoms with Gasteiger partial charge in [0.1, 0.15) is 12.1 Å². The van der Waals surface area contributed by atoms with Gasteiger partial charge in [-0.15, -0.1) is 0 Å². The van der Waals surface area contributed by atoms with Crippen LogP contribution < -0.4 is 4.90 Å². The van der Waals surface area contributed by atoms with Gasteiger partial charge in [0.2, 0.25) is 0 Å². The molecule has 0 N–H and O–H groups in total. The first kappa shape index (κ1) is 12.0. The summed E-state index contributed by atoms with van der Waals surface area (Å²) in [6, 6.07) is 0.0356. The van der Waals surface area contributed by atoms with Crippen LogP contribution in [0.2, 0.25) is 0 Å². The van der Waals surface area contributed by atoms with Gasteiger partial charge in [0.15, 0.2) is 9.84 Å². The first-order valence-corrected chi connectivity index (χ1v) is 7.78. The first-order chi connectivity index (χ1) is 7.49. The van der Waals surface area contributed by atoms with Crippen molar-refractivity contribution in [2.75, 3.05) is 23.5 Å². The van der Waals surface area contributed by atoms with Crippen LogP contribution in [0.15, 0.2) is 12.5 Å². The number of anilines is 1. The van der Waals surface area contributed by atoms with E-state index in [9.17, 15) is 8.42 Å². The Balaban J connectivity index is 2.21. The van der Waals surface area contributed by atoms with E-state index in [1.54, 1.807) is 6.20 Å². The van der Waals surface area contributed by atoms with Crippen LogP contribution in [0.25, 0.3) is 0 Å². The highest BCUT2D eigenvalue weighted by molar-refractivity contribution is 14.1. The van der Waals surface area contributed by atoms with Crippen LogP contribution in [0.1, 0.15) is 6.42 Å². The molecule has 1 fully saturated rings. The Kier molecular flexibility index (Phi) is 3.34. The maximum absolute atomic E-state index is 11.4. The second kappa shape index (κ2) is 4.44. The SMILES string of the molecule is CN(c1ncncc1I)C1CCS(=O)(=O)C1. The Morgan fingerprint density at radius 1 is 1.56 bits per heavy atom. The topological polar surface area (TPSA) is 63.2 Å². The zero-order chi connectivity index (χ0) is 11.8. The van der Waals surface area contributed by atoms with Gasteiger partial charge in [-0.05, 0) is 29.0 Å². The predicted molar refractivity (Wildman–Crippen MR) is 70.2 cm³/mol. The Hall–Kier alpha value is -0.440. The van der Waals surface area contributed by atoms with Crippen molar-refractivity contribution in [1.82, 2.24) is 9.97 Å². The molecular weight excluding hydrogens is 341 g/mol. The number of rotatable bonds is 2. The fraction of sp³-hybridized carbons (Fsp3) is 0.556. The Bertz CT molecular complexity index is 491. The summed E-state index contributed by atoms with van der Waals surface area (Å²) < 4.78 is 23.7. The Morgan fingerprint density at radius 3 is 2.88 bits per heavy atom. The molecule has 0 amide bonds. The van der Waals surface area contributed by atoms with E-state index >= 15 is 0 Å². The van der Waals surface area contributed by atoms with Gasteiger partial charge in [-0.2, -0.15) is 0 Å². The molecule has 0 aliphatic carbocycles. The van der Waals surface area contributed by atoms with E-state index in [0.29, 0.717) is 6.42 Å². The van der Waals surface area contributed by atoms with Crippen LogP contribution in [0.5, 0.6) is 0 Å². The van der Waals surface area contributed by atoms with Gasteiger partial charge < -0.3 is 4.90 Å². The maximum atomic E-state index is 11.4. The molecule has 0 saturated carbocycles. The Morgan fingerprint density at radius 2 is 2.31 bits per heavy atom. The normalized spacial score (nSPS) is 23.2. The summed E-state index contributed by atoms with van der Waals surface area (Å²) in [7, 11) is -0.964. The van der Waals surface area contributed by atoms with E-state index in [2.05, 4.69) is 32.6 Å². The molecule has 2 rings (SSSR count). The van der Waals surface area contributed by atoms with E-state index in [-0.39, 0.29) is 17.5 Å². The van der Waals surface area contributed by atoms with E-state index in [1.165, 1.54) is 6.33 Å². The van der Waals surface area contributed by atoms with E-state index < -0.39 is 9.84 Å². The quantitative estimate of drug-likeness (QED) is 0.733. The van der Waals surface area contributed by atoms with E-state index in [0.717, 1.165) is 9.39 Å². The Labute approximate surface area is 108 Å². The van der Waals surface area contributed by atoms with Crippen molar-refractivity contribution >= 4 is 38.2 Å². The van der Waals surface area contributed by atoms with Crippen LogP contribution in [-0.2, 0) is 9.84 Å². The van der Waals surface area contributed by atoms with Crippen LogP contribution >= 0.6 is 22.6 Å². The molecule has 0 aromatic carbocycles. The minimum Gasteiger partial charge on any atom is -0.355 e. The average Bonchev–Trinajstić information content (AvgIpc) is 2.59. The van der Waals surface area contributed by atoms with E-state index in [1.807, 2.05) is 11.9 Å². The molecular formula is C9H12IN3O2S. The van der Waals surface area contributed by atoms with Crippen molar-refractivity contribution in [3.8, 4) is 0 Å². The smallest absolute Gasteiger partial charge is 0.152 e. The van der Waals surface area contributed by atoms with Crippen molar-refractivity contribution < 1.29 is 8.42 Å². The number of aromatic nitrogens is 2. The summed E-state index contributed by atoms with van der Waals surface area (Å²) in [5, 5.41) is 0. The van der Waals surface area contributed by atoms with Gasteiger partial charge >= 0.3 is 0 Å². The van der Waals surface area contributed by atoms with Gasteiger partial charge in [-0.25, -0.2) is 18.4 Å². The molecule has 1 aliphatic heterocycles. The van der Waals surface area contributed by atoms with Gasteiger partial charge in [-0.3, -0.25) is 0 Å². The highest BCUT2D eigenvalue weighted by atomic mass is 127. The van der Waals surface area contributed by atoms with Crippen molar-refractivity contribution in [1.29, 1.82) is 0 Å². The summed E-state index contributed by atoms with van der Waals surface area (Å²) >= 11 is 2.15. The number of hydrogen-bond donors (Lipinski definition) is 0. The maximum Gasteiger partial charge on any atom is 0.152 e. The lowest BCUT2D eigenvalue weighted by molar-refractivity contribution is 0.600. The first-order valence-electron chi connectivity index (χ1n) is 4.88. The third-order valence-corrected chi connectivity index (χ3v) is 5.25. The molecule has 7 heteroatoms. The minimum atomic E-state index is -2.85. The molecule has 0 bridgehead atoms. The fourth-order valence-corrected chi connectivity index (χ4v) is 4.27. The van der Waals surface area contributed by atoms with Crippen molar-refractivity contribution in [3.05, 3.63) is 16.1 Å². The third kappa shape index (κ3) is 2.45. The molecule has 1 aromatic heterocycles. The van der Waals surface area contributed by atoms with E-state index in [4.69, 9.17) is 0 Å². The van der Waals surface area contributed by atoms with Gasteiger partial charge in [0, 0.05) is 19.3 Å². The standard InChI is InChI=1S/C9H12IN3O2S/c1-13(7-2-3-16(14,15)5-7)9-8(10)4-11-6-12-9/h4,6-7H,2-3,5H2,1H3. The van der Waals surface area contributed by atoms with Crippen LogP contribution in [0.3, 0.4) is 0 Å². The highest BCUT2D eigenvalue weighted by Gasteiger charge is 2.31. The summed E-state index contributed by atoms with van der Waals surface area (Å²) in [6.45, 7) is 0. The molecule has 1 aliphatic rings. The summed E-state index contributed by atoms with van der Waals surface area (Å²) in [5.74, 6) is 1.31. The second-order valence-corrected chi connectivity index (χ2v) is 7.25. The lowest BCUT2D eigenvalue weighted by Crippen LogP contribution is -2.33. The molecule has 1 aromatic rings. The van der Waals surface area contributed by atoms with Gasteiger partial charge in [0.05, 0.1) is 15.1 Å². The third-order valence-electron chi connectivity index (χ3n) is 2.74. The number of hydrogen-bond acceptors (Lipinski definition) is 5. The molecule has 1 saturated heterocycles. The summed E-state index contributed by atoms with van der Waals surface area (Å²) in [6.07, 6.45) is 3.89. The van der Waals surface area contributed by atoms with Crippen LogP contribution in [-0.4, -0.2) is 43.0 Å². The molecule has 0 radical (unpaired) electrons. The zero-order valence-corrected chi connectivity index (χ0v) is 11.8. The number of halogens is 1. The minimum absolute atomic E-state index is 0.0356. The van der Waals surface area contributed by atoms with Crippen LogP contribution in [0.4, 0.5) is 5.82 Å². The molecule has 88 valence electrons. The lowest BCUT2D eigenvalue weighted by Gasteiger charge is -2.24. The molecule has 16 heavy (non-hydrogen) atoms. The monoisotopic (exact) mass is 353 g/mol. The lowest BCUT2D eigenvalue weighted by atomic mass is 10.2. The van der Waals surface area contributed by atoms with Crippen LogP contribution in [0, 0.1) is 3.57 Å². The fourth-order valence-electron chi connectivity index (χ4n) is 1.82. The number of sulfone groups is 1. The number of nitrogens with zero attached hydrogens (tertiary/aromatic N) is 3. The molecule has 2 heterocycles. The average molecular weight is 353 g/mol. The van der Waals surface area contributed by atoms with Gasteiger partial charge in [-0.1, -0.05) is 0 Å². The largest absolute Gasteiger partial charge is 0.355 e. The predicted octanol–water partition coefficient (Wildman–Crippen LogP) is 0.705. The van der Waals surface area contributed by atoms with Crippen molar-refractivity contribution in [3.63, 3.8) is 0 Å². The van der Waals surface area contributed by atoms with Gasteiger partial charge in [0.25, 0.3) is 0 Å². The molecule has 1 atom stereocenters. The second-order valence-electron chi connectivity index (χ2n) is 3.86.